The maximum absolute atomic E-state index is 12.8. The van der Waals surface area contributed by atoms with Crippen molar-refractivity contribution in [3.05, 3.63) is 94.7 Å². The summed E-state index contributed by atoms with van der Waals surface area (Å²) in [6.07, 6.45) is 4.34. The van der Waals surface area contributed by atoms with Gasteiger partial charge in [0.15, 0.2) is 0 Å². The molecule has 1 aliphatic rings. The molecule has 0 saturated heterocycles. The topological polar surface area (TPSA) is 86.0 Å². The average molecular weight is 441 g/mol. The lowest BCUT2D eigenvalue weighted by atomic mass is 10.0. The summed E-state index contributed by atoms with van der Waals surface area (Å²) < 4.78 is 7.76. The molecule has 5 rings (SSSR count). The Bertz CT molecular complexity index is 1280. The lowest BCUT2D eigenvalue weighted by Gasteiger charge is -2.29. The molecule has 1 aliphatic heterocycles. The molecule has 0 aliphatic carbocycles. The third-order valence-electron chi connectivity index (χ3n) is 5.83. The molecule has 0 bridgehead atoms. The number of carbonyl (C=O) groups excluding carboxylic acids is 1. The van der Waals surface area contributed by atoms with Crippen LogP contribution in [0, 0.1) is 13.8 Å². The van der Waals surface area contributed by atoms with Crippen LogP contribution in [-0.2, 0) is 19.6 Å². The lowest BCUT2D eigenvalue weighted by Crippen LogP contribution is -2.36. The second-order valence-electron chi connectivity index (χ2n) is 8.11. The zero-order chi connectivity index (χ0) is 22.8. The lowest BCUT2D eigenvalue weighted by molar-refractivity contribution is 0.0734. The molecular weight excluding hydrogens is 416 g/mol. The zero-order valence-electron chi connectivity index (χ0n) is 18.6. The highest BCUT2D eigenvalue weighted by atomic mass is 16.5. The Labute approximate surface area is 191 Å². The van der Waals surface area contributed by atoms with Gasteiger partial charge in [0, 0.05) is 36.6 Å². The smallest absolute Gasteiger partial charge is 0.254 e. The van der Waals surface area contributed by atoms with Crippen LogP contribution in [-0.4, -0.2) is 42.3 Å². The number of nitrogens with zero attached hydrogens (tertiary/aromatic N) is 6. The summed E-state index contributed by atoms with van der Waals surface area (Å²) in [4.78, 5) is 23.5. The van der Waals surface area contributed by atoms with Gasteiger partial charge in [-0.05, 0) is 55.7 Å². The molecule has 0 N–H and O–H groups in total. The first kappa shape index (κ1) is 20.8. The molecule has 0 fully saturated rings. The fraction of sp³-hybridized carbons (Fsp3) is 0.240. The van der Waals surface area contributed by atoms with Crippen LogP contribution in [0.4, 0.5) is 0 Å². The monoisotopic (exact) mass is 440 g/mol. The number of benzene rings is 1. The van der Waals surface area contributed by atoms with E-state index in [1.807, 2.05) is 67.3 Å². The second kappa shape index (κ2) is 8.82. The minimum absolute atomic E-state index is 0.0448. The Morgan fingerprint density at radius 3 is 2.67 bits per heavy atom. The number of pyridine rings is 2. The van der Waals surface area contributed by atoms with Crippen LogP contribution in [0.5, 0.6) is 5.88 Å². The van der Waals surface area contributed by atoms with Crippen molar-refractivity contribution in [2.45, 2.75) is 33.4 Å². The molecule has 33 heavy (non-hydrogen) atoms. The Hall–Kier alpha value is -4.07. The summed E-state index contributed by atoms with van der Waals surface area (Å²) >= 11 is 0. The first-order valence-corrected chi connectivity index (χ1v) is 10.9. The third-order valence-corrected chi connectivity index (χ3v) is 5.83. The van der Waals surface area contributed by atoms with Crippen molar-refractivity contribution in [1.82, 2.24) is 29.9 Å². The van der Waals surface area contributed by atoms with Crippen molar-refractivity contribution in [3.63, 3.8) is 0 Å². The molecule has 1 amide bonds. The summed E-state index contributed by atoms with van der Waals surface area (Å²) in [5, 5.41) is 8.43. The van der Waals surface area contributed by atoms with Gasteiger partial charge in [0.1, 0.15) is 12.3 Å². The Kier molecular flexibility index (Phi) is 5.56. The third kappa shape index (κ3) is 4.32. The minimum Gasteiger partial charge on any atom is -0.471 e. The van der Waals surface area contributed by atoms with Gasteiger partial charge >= 0.3 is 0 Å². The van der Waals surface area contributed by atoms with Crippen LogP contribution in [0.25, 0.3) is 5.69 Å². The van der Waals surface area contributed by atoms with E-state index in [4.69, 9.17) is 4.74 Å². The van der Waals surface area contributed by atoms with Gasteiger partial charge in [-0.1, -0.05) is 23.4 Å². The van der Waals surface area contributed by atoms with Crippen LogP contribution in [0.15, 0.2) is 60.9 Å². The highest BCUT2D eigenvalue weighted by Crippen LogP contribution is 2.24. The van der Waals surface area contributed by atoms with E-state index in [1.54, 1.807) is 17.1 Å². The molecule has 0 spiro atoms. The summed E-state index contributed by atoms with van der Waals surface area (Å²) in [5.74, 6) is 0.592. The Balaban J connectivity index is 1.28. The molecule has 1 aromatic carbocycles. The molecule has 0 saturated carbocycles. The van der Waals surface area contributed by atoms with Crippen molar-refractivity contribution in [2.75, 3.05) is 6.54 Å². The quantitative estimate of drug-likeness (QED) is 0.473. The van der Waals surface area contributed by atoms with Crippen molar-refractivity contribution in [3.8, 4) is 11.6 Å². The van der Waals surface area contributed by atoms with Gasteiger partial charge < -0.3 is 9.64 Å². The van der Waals surface area contributed by atoms with Gasteiger partial charge in [-0.15, -0.1) is 5.10 Å². The van der Waals surface area contributed by atoms with E-state index in [1.165, 1.54) is 0 Å². The van der Waals surface area contributed by atoms with Crippen LogP contribution < -0.4 is 4.74 Å². The predicted octanol–water partition coefficient (Wildman–Crippen LogP) is 3.45. The SMILES string of the molecule is Cc1ccc(-n2nnc(C)c2COc2cc3c(cn2)CN(C(=O)c2ccccc2)CC3)cn1. The van der Waals surface area contributed by atoms with Gasteiger partial charge in [-0.2, -0.15) is 0 Å². The molecule has 8 nitrogen and oxygen atoms in total. The van der Waals surface area contributed by atoms with Gasteiger partial charge in [-0.3, -0.25) is 9.78 Å². The van der Waals surface area contributed by atoms with E-state index in [0.29, 0.717) is 24.5 Å². The highest BCUT2D eigenvalue weighted by Gasteiger charge is 2.22. The number of hydrogen-bond acceptors (Lipinski definition) is 6. The van der Waals surface area contributed by atoms with E-state index in [2.05, 4.69) is 20.3 Å². The van der Waals surface area contributed by atoms with E-state index in [0.717, 1.165) is 40.3 Å². The van der Waals surface area contributed by atoms with Crippen LogP contribution in [0.1, 0.15) is 38.6 Å². The second-order valence-corrected chi connectivity index (χ2v) is 8.11. The number of rotatable bonds is 5. The van der Waals surface area contributed by atoms with Crippen LogP contribution in [0.3, 0.4) is 0 Å². The summed E-state index contributed by atoms with van der Waals surface area (Å²) in [6, 6.07) is 15.2. The van der Waals surface area contributed by atoms with Crippen molar-refractivity contribution in [2.24, 2.45) is 0 Å². The molecule has 0 radical (unpaired) electrons. The first-order chi connectivity index (χ1) is 16.1. The minimum atomic E-state index is 0.0448. The van der Waals surface area contributed by atoms with Gasteiger partial charge in [0.05, 0.1) is 17.6 Å². The van der Waals surface area contributed by atoms with E-state index in [-0.39, 0.29) is 12.5 Å². The van der Waals surface area contributed by atoms with Gasteiger partial charge in [-0.25, -0.2) is 9.67 Å². The summed E-state index contributed by atoms with van der Waals surface area (Å²) in [5.41, 5.74) is 6.33. The molecule has 3 aromatic heterocycles. The number of fused-ring (bicyclic) bond motifs is 1. The molecule has 0 atom stereocenters. The normalized spacial score (nSPS) is 13.0. The van der Waals surface area contributed by atoms with Gasteiger partial charge in [0.2, 0.25) is 5.88 Å². The number of aromatic nitrogens is 5. The van der Waals surface area contributed by atoms with Crippen molar-refractivity contribution in [1.29, 1.82) is 0 Å². The number of amides is 1. The predicted molar refractivity (Wildman–Crippen MR) is 122 cm³/mol. The fourth-order valence-corrected chi connectivity index (χ4v) is 3.91. The zero-order valence-corrected chi connectivity index (χ0v) is 18.6. The maximum Gasteiger partial charge on any atom is 0.254 e. The fourth-order valence-electron chi connectivity index (χ4n) is 3.91. The van der Waals surface area contributed by atoms with Crippen molar-refractivity contribution < 1.29 is 9.53 Å². The highest BCUT2D eigenvalue weighted by molar-refractivity contribution is 5.94. The molecule has 4 aromatic rings. The number of hydrogen-bond donors (Lipinski definition) is 0. The van der Waals surface area contributed by atoms with E-state index in [9.17, 15) is 4.79 Å². The summed E-state index contributed by atoms with van der Waals surface area (Å²) in [6.45, 7) is 5.35. The standard InChI is InChI=1S/C25H24N6O2/c1-17-8-9-22(14-26-17)31-23(18(2)28-29-31)16-33-24-12-20-10-11-30(15-21(20)13-27-24)25(32)19-6-4-3-5-7-19/h3-9,12-14H,10-11,15-16H2,1-2H3. The maximum atomic E-state index is 12.8. The Morgan fingerprint density at radius 1 is 1.03 bits per heavy atom. The van der Waals surface area contributed by atoms with Crippen molar-refractivity contribution >= 4 is 5.91 Å². The molecule has 8 heteroatoms. The molecule has 4 heterocycles. The van der Waals surface area contributed by atoms with E-state index >= 15 is 0 Å². The van der Waals surface area contributed by atoms with Crippen LogP contribution in [0.2, 0.25) is 0 Å². The van der Waals surface area contributed by atoms with Crippen LogP contribution >= 0.6 is 0 Å². The number of ether oxygens (including phenoxy) is 1. The largest absolute Gasteiger partial charge is 0.471 e. The average Bonchev–Trinajstić information content (AvgIpc) is 3.23. The first-order valence-electron chi connectivity index (χ1n) is 10.9. The van der Waals surface area contributed by atoms with Gasteiger partial charge in [0.25, 0.3) is 5.91 Å². The molecule has 166 valence electrons. The molecule has 0 unspecified atom stereocenters. The number of carbonyl (C=O) groups is 1. The number of aryl methyl sites for hydroxylation is 2. The molecular formula is C25H24N6O2. The summed E-state index contributed by atoms with van der Waals surface area (Å²) in [7, 11) is 0. The van der Waals surface area contributed by atoms with E-state index < -0.39 is 0 Å². The Morgan fingerprint density at radius 2 is 1.88 bits per heavy atom.